The van der Waals surface area contributed by atoms with Crippen molar-refractivity contribution in [3.05, 3.63) is 28.2 Å². The van der Waals surface area contributed by atoms with Gasteiger partial charge in [0.2, 0.25) is 0 Å². The van der Waals surface area contributed by atoms with Gasteiger partial charge in [-0.05, 0) is 38.8 Å². The second-order valence-electron chi connectivity index (χ2n) is 3.12. The first kappa shape index (κ1) is 19.8. The van der Waals surface area contributed by atoms with Crippen LogP contribution in [0.15, 0.2) is 22.3 Å². The molecule has 1 aliphatic rings. The molecule has 3 heteroatoms. The predicted molar refractivity (Wildman–Crippen MR) is 51.4 cm³/mol. The summed E-state index contributed by atoms with van der Waals surface area (Å²) in [6.07, 6.45) is 0. The van der Waals surface area contributed by atoms with Crippen molar-refractivity contribution < 1.29 is 34.0 Å². The third kappa shape index (κ3) is 3.72. The van der Waals surface area contributed by atoms with Crippen molar-refractivity contribution in [3.63, 3.8) is 0 Å². The summed E-state index contributed by atoms with van der Waals surface area (Å²) in [5.41, 5.74) is 5.87. The van der Waals surface area contributed by atoms with Crippen molar-refractivity contribution in [2.45, 2.75) is 34.6 Å². The van der Waals surface area contributed by atoms with Crippen molar-refractivity contribution in [2.75, 3.05) is 0 Å². The molecule has 0 fully saturated rings. The normalized spacial score (nSPS) is 16.4. The Balaban J connectivity index is -0.000000333. The van der Waals surface area contributed by atoms with E-state index in [1.807, 2.05) is 0 Å². The largest absolute Gasteiger partial charge is 1.00 e. The molecule has 0 saturated heterocycles. The van der Waals surface area contributed by atoms with E-state index < -0.39 is 0 Å². The maximum Gasteiger partial charge on any atom is 0.0226 e. The molecule has 13 heavy (non-hydrogen) atoms. The Hall–Kier alpha value is 1.26. The molecule has 0 N–H and O–H groups in total. The van der Waals surface area contributed by atoms with Crippen LogP contribution in [-0.4, -0.2) is 24.4 Å². The van der Waals surface area contributed by atoms with E-state index in [9.17, 15) is 0 Å². The zero-order chi connectivity index (χ0) is 7.89. The summed E-state index contributed by atoms with van der Waals surface area (Å²) in [7, 11) is 0. The molecule has 0 aromatic rings. The Bertz CT molecular complexity index is 205. The molecular formula is C10H15Br2Sb-2. The molecule has 1 aliphatic carbocycles. The number of hydrogen-bond donors (Lipinski definition) is 0. The number of rotatable bonds is 0. The van der Waals surface area contributed by atoms with Crippen LogP contribution in [0.2, 0.25) is 0 Å². The van der Waals surface area contributed by atoms with Crippen LogP contribution in [0, 0.1) is 5.92 Å². The van der Waals surface area contributed by atoms with Gasteiger partial charge in [-0.25, -0.2) is 0 Å². The summed E-state index contributed by atoms with van der Waals surface area (Å²) in [5, 5.41) is 0. The van der Waals surface area contributed by atoms with Gasteiger partial charge in [0.05, 0.1) is 0 Å². The average Bonchev–Trinajstić information content (AvgIpc) is 2.07. The van der Waals surface area contributed by atoms with Crippen LogP contribution in [0.25, 0.3) is 0 Å². The van der Waals surface area contributed by atoms with Crippen molar-refractivity contribution in [1.82, 2.24) is 0 Å². The summed E-state index contributed by atoms with van der Waals surface area (Å²) in [4.78, 5) is 0. The summed E-state index contributed by atoms with van der Waals surface area (Å²) in [5.74, 6) is 1.47. The zero-order valence-electron chi connectivity index (χ0n) is 8.70. The van der Waals surface area contributed by atoms with Crippen LogP contribution < -0.4 is 34.0 Å². The van der Waals surface area contributed by atoms with Crippen LogP contribution in [0.5, 0.6) is 0 Å². The predicted octanol–water partition coefficient (Wildman–Crippen LogP) is -3.11. The standard InChI is InChI=1S/C10H15.2BrH.Sb/c1-6-7(2)9(4)10(5)8(6)3;;;/h1-5H3;2*1H;/p-2. The van der Waals surface area contributed by atoms with E-state index in [0.29, 0.717) is 0 Å². The van der Waals surface area contributed by atoms with Crippen molar-refractivity contribution in [2.24, 2.45) is 0 Å². The Morgan fingerprint density at radius 2 is 0.769 bits per heavy atom. The Morgan fingerprint density at radius 1 is 0.538 bits per heavy atom. The van der Waals surface area contributed by atoms with Gasteiger partial charge >= 0.3 is 0 Å². The second kappa shape index (κ2) is 7.54. The summed E-state index contributed by atoms with van der Waals surface area (Å²) >= 11 is 0. The first-order valence-corrected chi connectivity index (χ1v) is 3.75. The van der Waals surface area contributed by atoms with E-state index in [0.717, 1.165) is 0 Å². The molecular weight excluding hydrogens is 402 g/mol. The van der Waals surface area contributed by atoms with E-state index >= 15 is 0 Å². The minimum Gasteiger partial charge on any atom is -1.00 e. The van der Waals surface area contributed by atoms with Crippen molar-refractivity contribution in [3.8, 4) is 0 Å². The zero-order valence-corrected chi connectivity index (χ0v) is 14.4. The smallest absolute Gasteiger partial charge is 0.0226 e. The molecule has 0 saturated carbocycles. The third-order valence-electron chi connectivity index (χ3n) is 2.81. The number of allylic oxidation sites excluding steroid dienone is 4. The Labute approximate surface area is 120 Å². The monoisotopic (exact) mass is 414 g/mol. The minimum atomic E-state index is 0. The van der Waals surface area contributed by atoms with Gasteiger partial charge in [-0.2, -0.15) is 0 Å². The molecule has 0 unspecified atom stereocenters. The van der Waals surface area contributed by atoms with Gasteiger partial charge in [-0.1, -0.05) is 18.1 Å². The topological polar surface area (TPSA) is 0 Å². The van der Waals surface area contributed by atoms with Gasteiger partial charge in [0.1, 0.15) is 0 Å². The van der Waals surface area contributed by atoms with Crippen LogP contribution in [0.3, 0.4) is 0 Å². The summed E-state index contributed by atoms with van der Waals surface area (Å²) in [6, 6.07) is 0. The Morgan fingerprint density at radius 3 is 0.846 bits per heavy atom. The molecule has 0 heterocycles. The average molecular weight is 417 g/mol. The first-order valence-electron chi connectivity index (χ1n) is 3.75. The maximum atomic E-state index is 2.20. The van der Waals surface area contributed by atoms with E-state index in [1.54, 1.807) is 0 Å². The van der Waals surface area contributed by atoms with E-state index in [2.05, 4.69) is 34.6 Å². The fraction of sp³-hybridized carbons (Fsp3) is 0.500. The van der Waals surface area contributed by atoms with Crippen molar-refractivity contribution in [1.29, 1.82) is 0 Å². The van der Waals surface area contributed by atoms with E-state index in [1.165, 1.54) is 28.2 Å². The maximum absolute atomic E-state index is 2.20. The van der Waals surface area contributed by atoms with E-state index in [4.69, 9.17) is 0 Å². The molecule has 0 aliphatic heterocycles. The fourth-order valence-corrected chi connectivity index (χ4v) is 1.41. The second-order valence-corrected chi connectivity index (χ2v) is 3.12. The van der Waals surface area contributed by atoms with Gasteiger partial charge in [-0.3, -0.25) is 0 Å². The number of hydrogen-bond acceptors (Lipinski definition) is 0. The van der Waals surface area contributed by atoms with E-state index in [-0.39, 0.29) is 58.4 Å². The molecule has 0 aromatic carbocycles. The van der Waals surface area contributed by atoms with Crippen molar-refractivity contribution >= 4 is 24.4 Å². The van der Waals surface area contributed by atoms with Gasteiger partial charge in [0.25, 0.3) is 0 Å². The van der Waals surface area contributed by atoms with Crippen LogP contribution >= 0.6 is 0 Å². The summed E-state index contributed by atoms with van der Waals surface area (Å²) in [6.45, 7) is 11.0. The molecule has 0 amide bonds. The minimum absolute atomic E-state index is 0. The quantitative estimate of drug-likeness (QED) is 0.367. The molecule has 0 nitrogen and oxygen atoms in total. The van der Waals surface area contributed by atoms with Crippen LogP contribution in [-0.2, 0) is 0 Å². The molecule has 0 bridgehead atoms. The molecule has 0 aromatic heterocycles. The van der Waals surface area contributed by atoms with Crippen LogP contribution in [0.4, 0.5) is 0 Å². The summed E-state index contributed by atoms with van der Waals surface area (Å²) < 4.78 is 0. The van der Waals surface area contributed by atoms with Gasteiger partial charge in [0.15, 0.2) is 0 Å². The van der Waals surface area contributed by atoms with Gasteiger partial charge in [0, 0.05) is 30.3 Å². The number of halogens is 2. The third-order valence-corrected chi connectivity index (χ3v) is 2.81. The molecule has 1 rings (SSSR count). The molecule has 4 radical (unpaired) electrons. The molecule has 0 atom stereocenters. The van der Waals surface area contributed by atoms with Gasteiger partial charge in [-0.15, -0.1) is 0 Å². The SMILES string of the molecule is C[C]1C(C)=C(C)C(C)=C1C.[Br-].[Br-].[Sb]. The Kier molecular flexibility index (Phi) is 11.5. The fourth-order valence-electron chi connectivity index (χ4n) is 1.41. The molecule has 0 spiro atoms. The first-order chi connectivity index (χ1) is 4.55. The van der Waals surface area contributed by atoms with Crippen LogP contribution in [0.1, 0.15) is 34.6 Å². The van der Waals surface area contributed by atoms with Gasteiger partial charge < -0.3 is 34.0 Å². The molecule has 76 valence electrons.